The Morgan fingerprint density at radius 1 is 1.08 bits per heavy atom. The highest BCUT2D eigenvalue weighted by Crippen LogP contribution is 2.30. The zero-order chi connectivity index (χ0) is 26.0. The molecule has 190 valence electrons. The van der Waals surface area contributed by atoms with Crippen LogP contribution in [0, 0.1) is 25.6 Å². The van der Waals surface area contributed by atoms with Crippen molar-refractivity contribution in [2.45, 2.75) is 31.6 Å². The molecule has 4 rings (SSSR count). The van der Waals surface area contributed by atoms with Crippen molar-refractivity contribution in [2.24, 2.45) is 5.92 Å². The normalized spacial score (nSPS) is 14.6. The highest BCUT2D eigenvalue weighted by Gasteiger charge is 2.24. The molecule has 1 amide bonds. The first-order valence-corrected chi connectivity index (χ1v) is 13.9. The van der Waals surface area contributed by atoms with Gasteiger partial charge in [-0.15, -0.1) is 10.2 Å². The third-order valence-electron chi connectivity index (χ3n) is 6.69. The quantitative estimate of drug-likeness (QED) is 0.500. The molecule has 1 aliphatic rings. The molecule has 7 nitrogen and oxygen atoms in total. The highest BCUT2D eigenvalue weighted by molar-refractivity contribution is 7.90. The van der Waals surface area contributed by atoms with Crippen LogP contribution < -0.4 is 10.2 Å². The molecule has 2 heterocycles. The van der Waals surface area contributed by atoms with E-state index in [1.165, 1.54) is 30.3 Å². The van der Waals surface area contributed by atoms with Gasteiger partial charge in [0.2, 0.25) is 0 Å². The monoisotopic (exact) mass is 530 g/mol. The van der Waals surface area contributed by atoms with Crippen molar-refractivity contribution in [1.82, 2.24) is 15.5 Å². The van der Waals surface area contributed by atoms with E-state index < -0.39 is 9.84 Å². The molecule has 0 radical (unpaired) electrons. The number of halogens is 2. The number of benzene rings is 2. The predicted octanol–water partition coefficient (Wildman–Crippen LogP) is 4.60. The number of rotatable bonds is 6. The van der Waals surface area contributed by atoms with Crippen molar-refractivity contribution in [3.8, 4) is 11.3 Å². The molecule has 3 aromatic rings. The Bertz CT molecular complexity index is 1390. The second kappa shape index (κ2) is 10.5. The Labute approximate surface area is 215 Å². The van der Waals surface area contributed by atoms with Crippen molar-refractivity contribution in [1.29, 1.82) is 0 Å². The molecule has 0 bridgehead atoms. The topological polar surface area (TPSA) is 92.3 Å². The molecule has 1 N–H and O–H groups in total. The molecule has 0 aliphatic carbocycles. The Hall–Kier alpha value is -3.04. The number of nitrogens with one attached hydrogen (secondary N) is 1. The molecule has 0 atom stereocenters. The molecule has 0 spiro atoms. The van der Waals surface area contributed by atoms with Crippen LogP contribution in [0.25, 0.3) is 11.3 Å². The van der Waals surface area contributed by atoms with E-state index in [1.807, 2.05) is 13.8 Å². The maximum absolute atomic E-state index is 13.3. The first kappa shape index (κ1) is 26.0. The number of hydrogen-bond donors (Lipinski definition) is 1. The van der Waals surface area contributed by atoms with E-state index in [0.29, 0.717) is 12.5 Å². The summed E-state index contributed by atoms with van der Waals surface area (Å²) in [5, 5.41) is 12.0. The van der Waals surface area contributed by atoms with Crippen LogP contribution in [0.15, 0.2) is 47.4 Å². The van der Waals surface area contributed by atoms with Gasteiger partial charge >= 0.3 is 0 Å². The SMILES string of the molecule is Cc1c(-c2ccc(F)cc2)nnc(N2CCC(CNC(=O)c3ccc(S(C)(=O)=O)cc3Cl)CC2)c1C. The average Bonchev–Trinajstić information content (AvgIpc) is 2.85. The molecule has 36 heavy (non-hydrogen) atoms. The smallest absolute Gasteiger partial charge is 0.252 e. The van der Waals surface area contributed by atoms with Crippen LogP contribution in [0.3, 0.4) is 0 Å². The Kier molecular flexibility index (Phi) is 7.61. The van der Waals surface area contributed by atoms with E-state index in [0.717, 1.165) is 60.4 Å². The van der Waals surface area contributed by atoms with Crippen molar-refractivity contribution in [2.75, 3.05) is 30.8 Å². The fourth-order valence-corrected chi connectivity index (χ4v) is 5.35. The van der Waals surface area contributed by atoms with Gasteiger partial charge in [-0.3, -0.25) is 4.79 Å². The molecule has 1 fully saturated rings. The number of amides is 1. The Morgan fingerprint density at radius 3 is 2.36 bits per heavy atom. The van der Waals surface area contributed by atoms with Crippen LogP contribution in [-0.2, 0) is 9.84 Å². The lowest BCUT2D eigenvalue weighted by Gasteiger charge is -2.33. The molecule has 0 unspecified atom stereocenters. The lowest BCUT2D eigenvalue weighted by Crippen LogP contribution is -2.39. The van der Waals surface area contributed by atoms with Crippen LogP contribution in [0.1, 0.15) is 34.3 Å². The third kappa shape index (κ3) is 5.68. The van der Waals surface area contributed by atoms with Gasteiger partial charge in [-0.1, -0.05) is 11.6 Å². The fourth-order valence-electron chi connectivity index (χ4n) is 4.37. The van der Waals surface area contributed by atoms with E-state index in [4.69, 9.17) is 11.6 Å². The standard InChI is InChI=1S/C26H28ClFN4O3S/c1-16-17(2)25(31-30-24(16)19-4-6-20(28)7-5-19)32-12-10-18(11-13-32)15-29-26(33)22-9-8-21(14-23(22)27)36(3,34)35/h4-9,14,18H,10-13,15H2,1-3H3,(H,29,33). The summed E-state index contributed by atoms with van der Waals surface area (Å²) in [6, 6.07) is 10.4. The van der Waals surface area contributed by atoms with Crippen molar-refractivity contribution in [3.05, 3.63) is 70.0 Å². The van der Waals surface area contributed by atoms with Crippen molar-refractivity contribution >= 4 is 33.2 Å². The number of hydrogen-bond acceptors (Lipinski definition) is 6. The maximum atomic E-state index is 13.3. The van der Waals surface area contributed by atoms with E-state index in [1.54, 1.807) is 12.1 Å². The molecule has 0 saturated carbocycles. The summed E-state index contributed by atoms with van der Waals surface area (Å²) < 4.78 is 36.6. The minimum Gasteiger partial charge on any atom is -0.355 e. The summed E-state index contributed by atoms with van der Waals surface area (Å²) in [4.78, 5) is 14.9. The second-order valence-electron chi connectivity index (χ2n) is 9.18. The van der Waals surface area contributed by atoms with Gasteiger partial charge in [0, 0.05) is 31.5 Å². The van der Waals surface area contributed by atoms with Crippen LogP contribution in [-0.4, -0.2) is 50.4 Å². The molecular weight excluding hydrogens is 503 g/mol. The summed E-state index contributed by atoms with van der Waals surface area (Å²) in [6.45, 7) is 6.11. The summed E-state index contributed by atoms with van der Waals surface area (Å²) >= 11 is 6.16. The first-order chi connectivity index (χ1) is 17.0. The second-order valence-corrected chi connectivity index (χ2v) is 11.6. The van der Waals surface area contributed by atoms with Gasteiger partial charge in [0.25, 0.3) is 5.91 Å². The summed E-state index contributed by atoms with van der Waals surface area (Å²) in [5.41, 5.74) is 3.89. The van der Waals surface area contributed by atoms with Crippen molar-refractivity contribution < 1.29 is 17.6 Å². The summed E-state index contributed by atoms with van der Waals surface area (Å²) in [7, 11) is -3.39. The van der Waals surface area contributed by atoms with Gasteiger partial charge < -0.3 is 10.2 Å². The minimum atomic E-state index is -3.39. The van der Waals surface area contributed by atoms with Gasteiger partial charge in [-0.25, -0.2) is 12.8 Å². The molecular formula is C26H28ClFN4O3S. The molecule has 2 aromatic carbocycles. The number of sulfone groups is 1. The zero-order valence-corrected chi connectivity index (χ0v) is 22.0. The molecule has 1 saturated heterocycles. The highest BCUT2D eigenvalue weighted by atomic mass is 35.5. The first-order valence-electron chi connectivity index (χ1n) is 11.7. The van der Waals surface area contributed by atoms with Gasteiger partial charge in [0.05, 0.1) is 21.2 Å². The average molecular weight is 531 g/mol. The van der Waals surface area contributed by atoms with Crippen LogP contribution >= 0.6 is 11.6 Å². The van der Waals surface area contributed by atoms with Gasteiger partial charge in [0.15, 0.2) is 15.7 Å². The number of nitrogens with zero attached hydrogens (tertiary/aromatic N) is 3. The van der Waals surface area contributed by atoms with Gasteiger partial charge in [0.1, 0.15) is 5.82 Å². The van der Waals surface area contributed by atoms with E-state index in [2.05, 4.69) is 20.4 Å². The third-order valence-corrected chi connectivity index (χ3v) is 8.12. The van der Waals surface area contributed by atoms with Gasteiger partial charge in [-0.2, -0.15) is 0 Å². The molecule has 1 aliphatic heterocycles. The Balaban J connectivity index is 1.35. The fraction of sp³-hybridized carbons (Fsp3) is 0.346. The minimum absolute atomic E-state index is 0.0794. The number of piperidine rings is 1. The van der Waals surface area contributed by atoms with Gasteiger partial charge in [-0.05, 0) is 86.2 Å². The lowest BCUT2D eigenvalue weighted by molar-refractivity contribution is 0.0945. The number of carbonyl (C=O) groups excluding carboxylic acids is 1. The van der Waals surface area contributed by atoms with Crippen LogP contribution in [0.4, 0.5) is 10.2 Å². The van der Waals surface area contributed by atoms with Crippen LogP contribution in [0.2, 0.25) is 5.02 Å². The number of carbonyl (C=O) groups is 1. The van der Waals surface area contributed by atoms with E-state index in [9.17, 15) is 17.6 Å². The molecule has 1 aromatic heterocycles. The Morgan fingerprint density at radius 2 is 1.75 bits per heavy atom. The van der Waals surface area contributed by atoms with Crippen LogP contribution in [0.5, 0.6) is 0 Å². The molecule has 10 heteroatoms. The number of anilines is 1. The predicted molar refractivity (Wildman–Crippen MR) is 139 cm³/mol. The summed E-state index contributed by atoms with van der Waals surface area (Å²) in [5.74, 6) is 0.534. The van der Waals surface area contributed by atoms with E-state index >= 15 is 0 Å². The summed E-state index contributed by atoms with van der Waals surface area (Å²) in [6.07, 6.45) is 2.85. The van der Waals surface area contributed by atoms with E-state index in [-0.39, 0.29) is 27.2 Å². The number of aromatic nitrogens is 2. The largest absolute Gasteiger partial charge is 0.355 e. The maximum Gasteiger partial charge on any atom is 0.252 e. The zero-order valence-electron chi connectivity index (χ0n) is 20.4. The lowest BCUT2D eigenvalue weighted by atomic mass is 9.96. The van der Waals surface area contributed by atoms with Crippen molar-refractivity contribution in [3.63, 3.8) is 0 Å².